The highest BCUT2D eigenvalue weighted by Crippen LogP contribution is 2.10. The van der Waals surface area contributed by atoms with Crippen LogP contribution in [0.15, 0.2) is 0 Å². The summed E-state index contributed by atoms with van der Waals surface area (Å²) in [6.07, 6.45) is 1.30. The van der Waals surface area contributed by atoms with Crippen LogP contribution in [0.25, 0.3) is 0 Å². The molecule has 0 aromatic rings. The van der Waals surface area contributed by atoms with Gasteiger partial charge in [-0.25, -0.2) is 17.5 Å². The molecule has 0 saturated carbocycles. The van der Waals surface area contributed by atoms with Gasteiger partial charge in [-0.15, -0.1) is 0 Å². The fraction of sp³-hybridized carbons (Fsp3) is 0.923. The van der Waals surface area contributed by atoms with Crippen LogP contribution < -0.4 is 5.32 Å². The quantitative estimate of drug-likeness (QED) is 0.853. The highest BCUT2D eigenvalue weighted by molar-refractivity contribution is 7.89. The lowest BCUT2D eigenvalue weighted by Crippen LogP contribution is -2.49. The highest BCUT2D eigenvalue weighted by atomic mass is 32.2. The predicted molar refractivity (Wildman–Crippen MR) is 80.1 cm³/mol. The van der Waals surface area contributed by atoms with Gasteiger partial charge < -0.3 is 10.2 Å². The van der Waals surface area contributed by atoms with Crippen LogP contribution in [0.5, 0.6) is 0 Å². The second kappa shape index (κ2) is 6.76. The summed E-state index contributed by atoms with van der Waals surface area (Å²) in [5, 5.41) is 2.91. The highest BCUT2D eigenvalue weighted by Gasteiger charge is 2.27. The smallest absolute Gasteiger partial charge is 0.317 e. The van der Waals surface area contributed by atoms with E-state index in [0.29, 0.717) is 39.0 Å². The fourth-order valence-corrected chi connectivity index (χ4v) is 3.70. The number of sulfonamides is 1. The standard InChI is InChI=1S/C13H27N3O3S/c1-5-11-20(18,19)16-8-6-7-15(9-10-16)12(17)14-13(2,3)4/h5-11H2,1-4H3,(H,14,17). The van der Waals surface area contributed by atoms with Crippen LogP contribution in [0, 0.1) is 0 Å². The van der Waals surface area contributed by atoms with Gasteiger partial charge in [-0.1, -0.05) is 6.92 Å². The summed E-state index contributed by atoms with van der Waals surface area (Å²) in [6.45, 7) is 9.59. The average Bonchev–Trinajstić information content (AvgIpc) is 2.52. The molecule has 1 N–H and O–H groups in total. The van der Waals surface area contributed by atoms with E-state index in [4.69, 9.17) is 0 Å². The van der Waals surface area contributed by atoms with Crippen LogP contribution in [0.2, 0.25) is 0 Å². The Bertz CT molecular complexity index is 429. The van der Waals surface area contributed by atoms with Crippen molar-refractivity contribution in [1.82, 2.24) is 14.5 Å². The number of rotatable bonds is 3. The zero-order chi connectivity index (χ0) is 15.4. The first-order chi connectivity index (χ1) is 9.15. The molecule has 1 aliphatic heterocycles. The minimum Gasteiger partial charge on any atom is -0.333 e. The van der Waals surface area contributed by atoms with E-state index in [1.54, 1.807) is 4.90 Å². The zero-order valence-corrected chi connectivity index (χ0v) is 13.8. The van der Waals surface area contributed by atoms with E-state index in [-0.39, 0.29) is 17.3 Å². The molecule has 20 heavy (non-hydrogen) atoms. The van der Waals surface area contributed by atoms with Gasteiger partial charge in [0.05, 0.1) is 5.75 Å². The number of hydrogen-bond acceptors (Lipinski definition) is 3. The van der Waals surface area contributed by atoms with Gasteiger partial charge in [0.25, 0.3) is 0 Å². The summed E-state index contributed by atoms with van der Waals surface area (Å²) >= 11 is 0. The van der Waals surface area contributed by atoms with Crippen LogP contribution >= 0.6 is 0 Å². The first kappa shape index (κ1) is 17.2. The number of hydrogen-bond donors (Lipinski definition) is 1. The van der Waals surface area contributed by atoms with Crippen molar-refractivity contribution < 1.29 is 13.2 Å². The molecule has 0 radical (unpaired) electrons. The van der Waals surface area contributed by atoms with Gasteiger partial charge in [-0.3, -0.25) is 0 Å². The Kier molecular flexibility index (Phi) is 5.82. The number of nitrogens with zero attached hydrogens (tertiary/aromatic N) is 2. The zero-order valence-electron chi connectivity index (χ0n) is 13.0. The van der Waals surface area contributed by atoms with Gasteiger partial charge in [-0.2, -0.15) is 0 Å². The Morgan fingerprint density at radius 3 is 2.35 bits per heavy atom. The van der Waals surface area contributed by atoms with E-state index in [0.717, 1.165) is 0 Å². The van der Waals surface area contributed by atoms with Gasteiger partial charge in [0.2, 0.25) is 10.0 Å². The molecule has 1 heterocycles. The molecular formula is C13H27N3O3S. The molecule has 2 amide bonds. The van der Waals surface area contributed by atoms with E-state index in [1.807, 2.05) is 27.7 Å². The van der Waals surface area contributed by atoms with E-state index in [1.165, 1.54) is 4.31 Å². The number of carbonyl (C=O) groups excluding carboxylic acids is 1. The summed E-state index contributed by atoms with van der Waals surface area (Å²) in [6, 6.07) is -0.118. The van der Waals surface area contributed by atoms with Crippen molar-refractivity contribution in [3.8, 4) is 0 Å². The third-order valence-corrected chi connectivity index (χ3v) is 5.16. The molecule has 0 spiro atoms. The van der Waals surface area contributed by atoms with Crippen molar-refractivity contribution in [3.05, 3.63) is 0 Å². The topological polar surface area (TPSA) is 69.7 Å². The molecule has 1 aliphatic rings. The molecule has 0 atom stereocenters. The first-order valence-electron chi connectivity index (χ1n) is 7.20. The Hall–Kier alpha value is -0.820. The maximum Gasteiger partial charge on any atom is 0.317 e. The van der Waals surface area contributed by atoms with Crippen LogP contribution in [-0.4, -0.2) is 61.1 Å². The van der Waals surface area contributed by atoms with Crippen molar-refractivity contribution >= 4 is 16.1 Å². The monoisotopic (exact) mass is 305 g/mol. The van der Waals surface area contributed by atoms with E-state index < -0.39 is 10.0 Å². The van der Waals surface area contributed by atoms with Crippen LogP contribution in [0.3, 0.4) is 0 Å². The number of urea groups is 1. The predicted octanol–water partition coefficient (Wildman–Crippen LogP) is 1.24. The minimum atomic E-state index is -3.17. The lowest BCUT2D eigenvalue weighted by Gasteiger charge is -2.27. The third-order valence-electron chi connectivity index (χ3n) is 3.08. The maximum atomic E-state index is 12.1. The lowest BCUT2D eigenvalue weighted by atomic mass is 10.1. The molecule has 0 bridgehead atoms. The molecule has 0 unspecified atom stereocenters. The van der Waals surface area contributed by atoms with Crippen molar-refractivity contribution in [2.45, 2.75) is 46.1 Å². The van der Waals surface area contributed by atoms with Crippen LogP contribution in [0.1, 0.15) is 40.5 Å². The molecule has 118 valence electrons. The van der Waals surface area contributed by atoms with Crippen molar-refractivity contribution in [2.24, 2.45) is 0 Å². The molecule has 1 fully saturated rings. The third kappa shape index (κ3) is 5.28. The molecule has 1 saturated heterocycles. The fourth-order valence-electron chi connectivity index (χ4n) is 2.16. The molecule has 0 aliphatic carbocycles. The van der Waals surface area contributed by atoms with E-state index in [2.05, 4.69) is 5.32 Å². The van der Waals surface area contributed by atoms with Gasteiger partial charge in [0.1, 0.15) is 0 Å². The summed E-state index contributed by atoms with van der Waals surface area (Å²) in [7, 11) is -3.17. The van der Waals surface area contributed by atoms with Gasteiger partial charge >= 0.3 is 6.03 Å². The van der Waals surface area contributed by atoms with Crippen molar-refractivity contribution in [3.63, 3.8) is 0 Å². The van der Waals surface area contributed by atoms with Crippen molar-refractivity contribution in [1.29, 1.82) is 0 Å². The molecule has 0 aromatic carbocycles. The Balaban J connectivity index is 2.62. The van der Waals surface area contributed by atoms with Crippen molar-refractivity contribution in [2.75, 3.05) is 31.9 Å². The van der Waals surface area contributed by atoms with E-state index >= 15 is 0 Å². The summed E-state index contributed by atoms with van der Waals surface area (Å²) < 4.78 is 25.6. The van der Waals surface area contributed by atoms with Crippen LogP contribution in [0.4, 0.5) is 4.79 Å². The first-order valence-corrected chi connectivity index (χ1v) is 8.81. The molecule has 7 heteroatoms. The Labute approximate surface area is 122 Å². The second-order valence-electron chi connectivity index (χ2n) is 6.24. The molecule has 6 nitrogen and oxygen atoms in total. The summed E-state index contributed by atoms with van der Waals surface area (Å²) in [5.74, 6) is 0.182. The average molecular weight is 305 g/mol. The maximum absolute atomic E-state index is 12.1. The van der Waals surface area contributed by atoms with Gasteiger partial charge in [-0.05, 0) is 33.6 Å². The normalized spacial score (nSPS) is 18.7. The molecule has 0 aromatic heterocycles. The minimum absolute atomic E-state index is 0.118. The number of amides is 2. The SMILES string of the molecule is CCCS(=O)(=O)N1CCCN(C(=O)NC(C)(C)C)CC1. The largest absolute Gasteiger partial charge is 0.333 e. The lowest BCUT2D eigenvalue weighted by molar-refractivity contribution is 0.191. The molecule has 1 rings (SSSR count). The second-order valence-corrected chi connectivity index (χ2v) is 8.32. The Morgan fingerprint density at radius 1 is 1.15 bits per heavy atom. The number of nitrogens with one attached hydrogen (secondary N) is 1. The summed E-state index contributed by atoms with van der Waals surface area (Å²) in [5.41, 5.74) is -0.280. The molecular weight excluding hydrogens is 278 g/mol. The number of carbonyl (C=O) groups is 1. The Morgan fingerprint density at radius 2 is 1.80 bits per heavy atom. The summed E-state index contributed by atoms with van der Waals surface area (Å²) in [4.78, 5) is 13.8. The van der Waals surface area contributed by atoms with Gasteiger partial charge in [0, 0.05) is 31.7 Å². The van der Waals surface area contributed by atoms with Gasteiger partial charge in [0.15, 0.2) is 0 Å². The van der Waals surface area contributed by atoms with Crippen LogP contribution in [-0.2, 0) is 10.0 Å². The van der Waals surface area contributed by atoms with E-state index in [9.17, 15) is 13.2 Å².